The third-order valence-electron chi connectivity index (χ3n) is 4.91. The molecule has 0 spiro atoms. The Morgan fingerprint density at radius 2 is 1.58 bits per heavy atom. The summed E-state index contributed by atoms with van der Waals surface area (Å²) in [6, 6.07) is 24.6. The minimum Gasteiger partial charge on any atom is -0.422 e. The van der Waals surface area contributed by atoms with Crippen LogP contribution < -0.4 is 15.5 Å². The summed E-state index contributed by atoms with van der Waals surface area (Å²) in [5, 5.41) is 14.6. The third-order valence-corrected chi connectivity index (χ3v) is 4.91. The number of hydrogen-bond acceptors (Lipinski definition) is 6. The molecule has 31 heavy (non-hydrogen) atoms. The van der Waals surface area contributed by atoms with Gasteiger partial charge >= 0.3 is 5.97 Å². The van der Waals surface area contributed by atoms with Crippen molar-refractivity contribution in [3.05, 3.63) is 84.4 Å². The van der Waals surface area contributed by atoms with Crippen LogP contribution in [0.25, 0.3) is 11.1 Å². The molecule has 0 aromatic heterocycles. The van der Waals surface area contributed by atoms with Gasteiger partial charge in [0, 0.05) is 6.42 Å². The number of carbonyl (C=O) groups excluding carboxylic acids is 2. The monoisotopic (exact) mass is 410 g/mol. The molecule has 1 atom stereocenters. The fraction of sp³-hybridized carbons (Fsp3) is 0.0833. The second kappa shape index (κ2) is 8.51. The van der Waals surface area contributed by atoms with E-state index in [4.69, 9.17) is 15.7 Å². The van der Waals surface area contributed by atoms with Crippen molar-refractivity contribution < 1.29 is 14.3 Å². The van der Waals surface area contributed by atoms with Crippen LogP contribution in [-0.4, -0.2) is 23.6 Å². The number of ether oxygens (including phenoxy) is 1. The van der Waals surface area contributed by atoms with Crippen molar-refractivity contribution in [2.75, 3.05) is 5.01 Å². The van der Waals surface area contributed by atoms with Gasteiger partial charge in [0.05, 0.1) is 17.3 Å². The molecule has 7 heteroatoms. The lowest BCUT2D eigenvalue weighted by atomic mass is 10.0. The van der Waals surface area contributed by atoms with Crippen molar-refractivity contribution in [1.82, 2.24) is 0 Å². The van der Waals surface area contributed by atoms with Crippen LogP contribution >= 0.6 is 0 Å². The molecule has 3 aromatic carbocycles. The zero-order valence-corrected chi connectivity index (χ0v) is 16.4. The number of rotatable bonds is 5. The summed E-state index contributed by atoms with van der Waals surface area (Å²) in [5.41, 5.74) is 8.76. The van der Waals surface area contributed by atoms with E-state index in [1.807, 2.05) is 42.5 Å². The van der Waals surface area contributed by atoms with Gasteiger partial charge in [-0.05, 0) is 47.5 Å². The predicted octanol–water partition coefficient (Wildman–Crippen LogP) is 3.25. The number of nitrogens with two attached hydrogens (primary N) is 1. The summed E-state index contributed by atoms with van der Waals surface area (Å²) in [5.74, 6) is -0.836. The van der Waals surface area contributed by atoms with Crippen molar-refractivity contribution in [2.45, 2.75) is 12.5 Å². The number of benzene rings is 3. The molecule has 0 aliphatic carbocycles. The standard InChI is InChI=1S/C24H18N4O3/c25-15-16-6-8-17(9-7-16)18-10-12-20(13-11-18)31-24(30)21-14-22(23(26)29)28(27-21)19-4-2-1-3-5-19/h1-13,22H,14H2,(H2,26,29). The van der Waals surface area contributed by atoms with Crippen LogP contribution in [0, 0.1) is 11.3 Å². The van der Waals surface area contributed by atoms with Gasteiger partial charge < -0.3 is 10.5 Å². The average molecular weight is 410 g/mol. The largest absolute Gasteiger partial charge is 0.422 e. The van der Waals surface area contributed by atoms with E-state index in [-0.39, 0.29) is 12.1 Å². The van der Waals surface area contributed by atoms with Crippen LogP contribution in [0.1, 0.15) is 12.0 Å². The Hall–Kier alpha value is -4.44. The quantitative estimate of drug-likeness (QED) is 0.513. The molecular weight excluding hydrogens is 392 g/mol. The summed E-state index contributed by atoms with van der Waals surface area (Å²) in [7, 11) is 0. The highest BCUT2D eigenvalue weighted by Gasteiger charge is 2.35. The van der Waals surface area contributed by atoms with E-state index in [2.05, 4.69) is 11.2 Å². The van der Waals surface area contributed by atoms with E-state index in [9.17, 15) is 9.59 Å². The van der Waals surface area contributed by atoms with E-state index in [0.717, 1.165) is 11.1 Å². The highest BCUT2D eigenvalue weighted by Crippen LogP contribution is 2.26. The maximum atomic E-state index is 12.6. The summed E-state index contributed by atoms with van der Waals surface area (Å²) in [6.07, 6.45) is 0.0758. The molecule has 0 saturated heterocycles. The topological polar surface area (TPSA) is 109 Å². The van der Waals surface area contributed by atoms with Crippen LogP contribution in [0.4, 0.5) is 5.69 Å². The van der Waals surface area contributed by atoms with Gasteiger partial charge in [0.1, 0.15) is 17.5 Å². The van der Waals surface area contributed by atoms with Crippen molar-refractivity contribution in [1.29, 1.82) is 5.26 Å². The number of primary amides is 1. The maximum Gasteiger partial charge on any atom is 0.359 e. The van der Waals surface area contributed by atoms with E-state index < -0.39 is 17.9 Å². The Bertz CT molecular complexity index is 1180. The second-order valence-electron chi connectivity index (χ2n) is 6.95. The molecule has 3 aromatic rings. The van der Waals surface area contributed by atoms with E-state index >= 15 is 0 Å². The molecule has 1 heterocycles. The Morgan fingerprint density at radius 1 is 0.968 bits per heavy atom. The second-order valence-corrected chi connectivity index (χ2v) is 6.95. The molecule has 152 valence electrons. The SMILES string of the molecule is N#Cc1ccc(-c2ccc(OC(=O)C3=NN(c4ccccc4)C(C(N)=O)C3)cc2)cc1. The highest BCUT2D eigenvalue weighted by atomic mass is 16.5. The highest BCUT2D eigenvalue weighted by molar-refractivity contribution is 6.38. The first-order valence-corrected chi connectivity index (χ1v) is 9.59. The van der Waals surface area contributed by atoms with Gasteiger partial charge in [-0.25, -0.2) is 4.79 Å². The lowest BCUT2D eigenvalue weighted by Crippen LogP contribution is -2.39. The fourth-order valence-corrected chi connectivity index (χ4v) is 3.29. The van der Waals surface area contributed by atoms with Crippen LogP contribution in [0.5, 0.6) is 5.75 Å². The van der Waals surface area contributed by atoms with Gasteiger partial charge in [0.2, 0.25) is 5.91 Å². The smallest absolute Gasteiger partial charge is 0.359 e. The van der Waals surface area contributed by atoms with Crippen LogP contribution in [0.15, 0.2) is 84.0 Å². The maximum absolute atomic E-state index is 12.6. The predicted molar refractivity (Wildman–Crippen MR) is 116 cm³/mol. The normalized spacial score (nSPS) is 15.1. The minimum atomic E-state index is -0.747. The number of carbonyl (C=O) groups is 2. The van der Waals surface area contributed by atoms with E-state index in [1.54, 1.807) is 36.4 Å². The van der Waals surface area contributed by atoms with Crippen LogP contribution in [0.3, 0.4) is 0 Å². The Balaban J connectivity index is 1.48. The molecule has 0 bridgehead atoms. The van der Waals surface area contributed by atoms with Crippen LogP contribution in [0.2, 0.25) is 0 Å². The van der Waals surface area contributed by atoms with Gasteiger partial charge in [-0.3, -0.25) is 9.80 Å². The lowest BCUT2D eigenvalue weighted by Gasteiger charge is -2.20. The molecule has 2 N–H and O–H groups in total. The number of nitrogens with zero attached hydrogens (tertiary/aromatic N) is 3. The molecule has 1 unspecified atom stereocenters. The van der Waals surface area contributed by atoms with Crippen LogP contribution in [-0.2, 0) is 9.59 Å². The van der Waals surface area contributed by atoms with Gasteiger partial charge in [-0.15, -0.1) is 0 Å². The lowest BCUT2D eigenvalue weighted by molar-refractivity contribution is -0.127. The van der Waals surface area contributed by atoms with Gasteiger partial charge in [0.25, 0.3) is 0 Å². The van der Waals surface area contributed by atoms with Gasteiger partial charge in [-0.1, -0.05) is 42.5 Å². The van der Waals surface area contributed by atoms with Crippen molar-refractivity contribution in [3.8, 4) is 22.9 Å². The van der Waals surface area contributed by atoms with Gasteiger partial charge in [-0.2, -0.15) is 10.4 Å². The number of nitriles is 1. The van der Waals surface area contributed by atoms with Crippen molar-refractivity contribution in [2.24, 2.45) is 10.8 Å². The zero-order chi connectivity index (χ0) is 21.8. The molecule has 7 nitrogen and oxygen atoms in total. The summed E-state index contributed by atoms with van der Waals surface area (Å²) < 4.78 is 5.45. The summed E-state index contributed by atoms with van der Waals surface area (Å²) >= 11 is 0. The molecule has 0 saturated carbocycles. The van der Waals surface area contributed by atoms with Crippen molar-refractivity contribution in [3.63, 3.8) is 0 Å². The summed E-state index contributed by atoms with van der Waals surface area (Å²) in [6.45, 7) is 0. The third kappa shape index (κ3) is 4.28. The summed E-state index contributed by atoms with van der Waals surface area (Å²) in [4.78, 5) is 24.5. The molecule has 1 amide bonds. The molecule has 1 aliphatic rings. The Labute approximate surface area is 179 Å². The first-order valence-electron chi connectivity index (χ1n) is 9.59. The fourth-order valence-electron chi connectivity index (χ4n) is 3.29. The number of para-hydroxylation sites is 1. The Kier molecular flexibility index (Phi) is 5.45. The number of hydrazone groups is 1. The van der Waals surface area contributed by atoms with Crippen molar-refractivity contribution >= 4 is 23.3 Å². The number of esters is 1. The van der Waals surface area contributed by atoms with E-state index in [1.165, 1.54) is 5.01 Å². The number of anilines is 1. The zero-order valence-electron chi connectivity index (χ0n) is 16.4. The first-order chi connectivity index (χ1) is 15.0. The minimum absolute atomic E-state index is 0.0758. The first kappa shape index (κ1) is 19.9. The number of amides is 1. The number of hydrogen-bond donors (Lipinski definition) is 1. The molecule has 0 fully saturated rings. The van der Waals surface area contributed by atoms with E-state index in [0.29, 0.717) is 17.0 Å². The molecule has 0 radical (unpaired) electrons. The molecular formula is C24H18N4O3. The average Bonchev–Trinajstić information content (AvgIpc) is 3.26. The molecule has 1 aliphatic heterocycles. The molecule has 4 rings (SSSR count). The van der Waals surface area contributed by atoms with Gasteiger partial charge in [0.15, 0.2) is 0 Å². The Morgan fingerprint density at radius 3 is 2.16 bits per heavy atom.